The minimum absolute atomic E-state index is 0.167. The summed E-state index contributed by atoms with van der Waals surface area (Å²) in [6.07, 6.45) is 3.03. The van der Waals surface area contributed by atoms with E-state index in [2.05, 4.69) is 28.9 Å². The van der Waals surface area contributed by atoms with E-state index < -0.39 is 0 Å². The number of aromatic nitrogens is 1. The van der Waals surface area contributed by atoms with Crippen LogP contribution in [0.1, 0.15) is 10.4 Å². The van der Waals surface area contributed by atoms with E-state index in [1.54, 1.807) is 4.90 Å². The van der Waals surface area contributed by atoms with Gasteiger partial charge in [-0.15, -0.1) is 0 Å². The number of H-pyrrole nitrogens is 1. The second kappa shape index (κ2) is 6.67. The maximum atomic E-state index is 12.3. The largest absolute Gasteiger partial charge is 0.367 e. The zero-order valence-corrected chi connectivity index (χ0v) is 12.1. The van der Waals surface area contributed by atoms with Gasteiger partial charge in [0.25, 0.3) is 5.91 Å². The minimum atomic E-state index is -0.219. The van der Waals surface area contributed by atoms with E-state index in [-0.39, 0.29) is 16.9 Å². The summed E-state index contributed by atoms with van der Waals surface area (Å²) < 4.78 is 0. The SMILES string of the molecule is CN(C)CCN1CCN(C(=O)c2c[nH]ccc2=O)CC1. The first-order chi connectivity index (χ1) is 9.58. The highest BCUT2D eigenvalue weighted by Gasteiger charge is 2.23. The predicted molar refractivity (Wildman–Crippen MR) is 78.0 cm³/mol. The van der Waals surface area contributed by atoms with Crippen LogP contribution in [0.4, 0.5) is 0 Å². The highest BCUT2D eigenvalue weighted by molar-refractivity contribution is 5.93. The number of rotatable bonds is 4. The van der Waals surface area contributed by atoms with Crippen LogP contribution in [-0.4, -0.2) is 79.0 Å². The van der Waals surface area contributed by atoms with Gasteiger partial charge in [0, 0.05) is 57.7 Å². The van der Waals surface area contributed by atoms with E-state index in [4.69, 9.17) is 0 Å². The van der Waals surface area contributed by atoms with Crippen LogP contribution in [0.3, 0.4) is 0 Å². The van der Waals surface area contributed by atoms with Crippen molar-refractivity contribution in [3.8, 4) is 0 Å². The molecule has 1 aromatic rings. The molecule has 0 unspecified atom stereocenters. The molecule has 0 saturated carbocycles. The van der Waals surface area contributed by atoms with Gasteiger partial charge in [-0.3, -0.25) is 14.5 Å². The molecule has 1 saturated heterocycles. The molecule has 1 N–H and O–H groups in total. The molecule has 6 heteroatoms. The third kappa shape index (κ3) is 3.68. The molecule has 0 aliphatic carbocycles. The van der Waals surface area contributed by atoms with Gasteiger partial charge in [0.05, 0.1) is 0 Å². The van der Waals surface area contributed by atoms with E-state index in [9.17, 15) is 9.59 Å². The molecule has 6 nitrogen and oxygen atoms in total. The number of amides is 1. The highest BCUT2D eigenvalue weighted by atomic mass is 16.2. The number of carbonyl (C=O) groups is 1. The molecule has 20 heavy (non-hydrogen) atoms. The Morgan fingerprint density at radius 3 is 2.60 bits per heavy atom. The van der Waals surface area contributed by atoms with Crippen molar-refractivity contribution in [3.05, 3.63) is 34.2 Å². The van der Waals surface area contributed by atoms with Gasteiger partial charge >= 0.3 is 0 Å². The molecule has 0 aromatic carbocycles. The first-order valence-corrected chi connectivity index (χ1v) is 6.91. The molecule has 1 aliphatic rings. The molecular formula is C14H22N4O2. The average Bonchev–Trinajstić information content (AvgIpc) is 2.45. The van der Waals surface area contributed by atoms with Crippen LogP contribution in [0.25, 0.3) is 0 Å². The number of nitrogens with zero attached hydrogens (tertiary/aromatic N) is 3. The standard InChI is InChI=1S/C14H22N4O2/c1-16(2)5-6-17-7-9-18(10-8-17)14(20)12-11-15-4-3-13(12)19/h3-4,11H,5-10H2,1-2H3,(H,15,19). The maximum absolute atomic E-state index is 12.3. The normalized spacial score (nSPS) is 16.6. The van der Waals surface area contributed by atoms with Gasteiger partial charge < -0.3 is 14.8 Å². The smallest absolute Gasteiger partial charge is 0.259 e. The van der Waals surface area contributed by atoms with Crippen molar-refractivity contribution < 1.29 is 4.79 Å². The van der Waals surface area contributed by atoms with Crippen LogP contribution < -0.4 is 5.43 Å². The Balaban J connectivity index is 1.89. The zero-order valence-electron chi connectivity index (χ0n) is 12.1. The summed E-state index contributed by atoms with van der Waals surface area (Å²) in [4.78, 5) is 33.0. The van der Waals surface area contributed by atoms with Gasteiger partial charge in [0.15, 0.2) is 5.43 Å². The second-order valence-corrected chi connectivity index (χ2v) is 5.36. The van der Waals surface area contributed by atoms with E-state index in [1.807, 2.05) is 0 Å². The number of hydrogen-bond donors (Lipinski definition) is 1. The topological polar surface area (TPSA) is 59.6 Å². The fourth-order valence-corrected chi connectivity index (χ4v) is 2.27. The van der Waals surface area contributed by atoms with Crippen LogP contribution >= 0.6 is 0 Å². The monoisotopic (exact) mass is 278 g/mol. The van der Waals surface area contributed by atoms with Crippen LogP contribution in [0.15, 0.2) is 23.3 Å². The van der Waals surface area contributed by atoms with Gasteiger partial charge in [0.2, 0.25) is 0 Å². The second-order valence-electron chi connectivity index (χ2n) is 5.36. The van der Waals surface area contributed by atoms with Crippen LogP contribution in [0.2, 0.25) is 0 Å². The summed E-state index contributed by atoms with van der Waals surface area (Å²) in [7, 11) is 4.11. The Kier molecular flexibility index (Phi) is 4.92. The molecule has 2 heterocycles. The van der Waals surface area contributed by atoms with Gasteiger partial charge in [-0.05, 0) is 14.1 Å². The Bertz CT molecular complexity index is 504. The first kappa shape index (κ1) is 14.7. The summed E-state index contributed by atoms with van der Waals surface area (Å²) >= 11 is 0. The first-order valence-electron chi connectivity index (χ1n) is 6.91. The number of aromatic amines is 1. The van der Waals surface area contributed by atoms with E-state index >= 15 is 0 Å². The van der Waals surface area contributed by atoms with E-state index in [0.29, 0.717) is 13.1 Å². The number of pyridine rings is 1. The molecule has 1 aliphatic heterocycles. The van der Waals surface area contributed by atoms with Gasteiger partial charge in [0.1, 0.15) is 5.56 Å². The van der Waals surface area contributed by atoms with Gasteiger partial charge in [-0.2, -0.15) is 0 Å². The fourth-order valence-electron chi connectivity index (χ4n) is 2.27. The average molecular weight is 278 g/mol. The summed E-state index contributed by atoms with van der Waals surface area (Å²) in [6, 6.07) is 1.39. The van der Waals surface area contributed by atoms with Crippen molar-refractivity contribution in [2.45, 2.75) is 0 Å². The molecule has 0 atom stereocenters. The molecule has 110 valence electrons. The third-order valence-corrected chi connectivity index (χ3v) is 3.58. The Morgan fingerprint density at radius 1 is 1.30 bits per heavy atom. The number of nitrogens with one attached hydrogen (secondary N) is 1. The summed E-state index contributed by atoms with van der Waals surface area (Å²) in [5, 5.41) is 0. The number of carbonyl (C=O) groups excluding carboxylic acids is 1. The fraction of sp³-hybridized carbons (Fsp3) is 0.571. The summed E-state index contributed by atoms with van der Waals surface area (Å²) in [5.41, 5.74) is 0.0121. The van der Waals surface area contributed by atoms with Gasteiger partial charge in [-0.1, -0.05) is 0 Å². The van der Waals surface area contributed by atoms with Gasteiger partial charge in [-0.25, -0.2) is 0 Å². The van der Waals surface area contributed by atoms with Crippen molar-refractivity contribution >= 4 is 5.91 Å². The molecule has 1 fully saturated rings. The Hall–Kier alpha value is -1.66. The third-order valence-electron chi connectivity index (χ3n) is 3.58. The molecular weight excluding hydrogens is 256 g/mol. The van der Waals surface area contributed by atoms with Crippen molar-refractivity contribution in [2.24, 2.45) is 0 Å². The predicted octanol–water partition coefficient (Wildman–Crippen LogP) is -0.306. The minimum Gasteiger partial charge on any atom is -0.367 e. The lowest BCUT2D eigenvalue weighted by Crippen LogP contribution is -2.50. The van der Waals surface area contributed by atoms with E-state index in [0.717, 1.165) is 26.2 Å². The van der Waals surface area contributed by atoms with Crippen molar-refractivity contribution in [1.82, 2.24) is 19.7 Å². The van der Waals surface area contributed by atoms with Crippen molar-refractivity contribution in [3.63, 3.8) is 0 Å². The number of hydrogen-bond acceptors (Lipinski definition) is 4. The van der Waals surface area contributed by atoms with E-state index in [1.165, 1.54) is 18.5 Å². The van der Waals surface area contributed by atoms with Crippen LogP contribution in [0, 0.1) is 0 Å². The molecule has 0 radical (unpaired) electrons. The molecule has 0 bridgehead atoms. The van der Waals surface area contributed by atoms with Crippen LogP contribution in [-0.2, 0) is 0 Å². The number of piperazine rings is 1. The maximum Gasteiger partial charge on any atom is 0.259 e. The Morgan fingerprint density at radius 2 is 2.00 bits per heavy atom. The van der Waals surface area contributed by atoms with Crippen molar-refractivity contribution in [1.29, 1.82) is 0 Å². The molecule has 2 rings (SSSR count). The lowest BCUT2D eigenvalue weighted by molar-refractivity contribution is 0.0628. The zero-order chi connectivity index (χ0) is 14.5. The molecule has 1 aromatic heterocycles. The summed E-state index contributed by atoms with van der Waals surface area (Å²) in [6.45, 7) is 5.13. The molecule has 1 amide bonds. The molecule has 0 spiro atoms. The lowest BCUT2D eigenvalue weighted by atomic mass is 10.2. The Labute approximate surface area is 119 Å². The van der Waals surface area contributed by atoms with Crippen LogP contribution in [0.5, 0.6) is 0 Å². The summed E-state index contributed by atoms with van der Waals surface area (Å²) in [5.74, 6) is -0.167. The van der Waals surface area contributed by atoms with Crippen molar-refractivity contribution in [2.75, 3.05) is 53.4 Å². The number of likely N-dealkylation sites (N-methyl/N-ethyl adjacent to an activating group) is 1. The lowest BCUT2D eigenvalue weighted by Gasteiger charge is -2.35. The highest BCUT2D eigenvalue weighted by Crippen LogP contribution is 2.05. The quantitative estimate of drug-likeness (QED) is 0.821.